The second-order valence-corrected chi connectivity index (χ2v) is 6.22. The van der Waals surface area contributed by atoms with Gasteiger partial charge in [0.15, 0.2) is 0 Å². The SMILES string of the molecule is CN(CC(=O)Nc1ccccc1Cl)C(=O)Cc1c[nH]c2ccccc12. The number of anilines is 1. The Kier molecular flexibility index (Phi) is 5.05. The molecule has 0 radical (unpaired) electrons. The van der Waals surface area contributed by atoms with Crippen LogP contribution in [-0.4, -0.2) is 35.3 Å². The molecule has 3 aromatic rings. The van der Waals surface area contributed by atoms with Gasteiger partial charge in [-0.05, 0) is 23.8 Å². The van der Waals surface area contributed by atoms with Crippen LogP contribution in [0, 0.1) is 0 Å². The van der Waals surface area contributed by atoms with Gasteiger partial charge in [-0.2, -0.15) is 0 Å². The van der Waals surface area contributed by atoms with E-state index >= 15 is 0 Å². The molecule has 0 atom stereocenters. The lowest BCUT2D eigenvalue weighted by molar-refractivity contribution is -0.132. The number of rotatable bonds is 5. The van der Waals surface area contributed by atoms with Gasteiger partial charge in [-0.1, -0.05) is 41.9 Å². The van der Waals surface area contributed by atoms with Crippen LogP contribution in [0.15, 0.2) is 54.7 Å². The minimum Gasteiger partial charge on any atom is -0.361 e. The number of aromatic amines is 1. The quantitative estimate of drug-likeness (QED) is 0.736. The maximum absolute atomic E-state index is 12.4. The Hall–Kier alpha value is -2.79. The summed E-state index contributed by atoms with van der Waals surface area (Å²) in [4.78, 5) is 29.1. The molecule has 0 unspecified atom stereocenters. The van der Waals surface area contributed by atoms with Crippen LogP contribution in [0.25, 0.3) is 10.9 Å². The maximum atomic E-state index is 12.4. The Bertz CT molecular complexity index is 920. The molecule has 2 aromatic carbocycles. The van der Waals surface area contributed by atoms with Crippen LogP contribution in [0.2, 0.25) is 5.02 Å². The average molecular weight is 356 g/mol. The summed E-state index contributed by atoms with van der Waals surface area (Å²) in [7, 11) is 1.61. The van der Waals surface area contributed by atoms with Gasteiger partial charge < -0.3 is 15.2 Å². The fourth-order valence-corrected chi connectivity index (χ4v) is 2.81. The minimum atomic E-state index is -0.289. The van der Waals surface area contributed by atoms with Crippen molar-refractivity contribution in [2.75, 3.05) is 18.9 Å². The number of fused-ring (bicyclic) bond motifs is 1. The lowest BCUT2D eigenvalue weighted by Crippen LogP contribution is -2.35. The largest absolute Gasteiger partial charge is 0.361 e. The van der Waals surface area contributed by atoms with Gasteiger partial charge in [-0.25, -0.2) is 0 Å². The summed E-state index contributed by atoms with van der Waals surface area (Å²) in [5.74, 6) is -0.415. The van der Waals surface area contributed by atoms with E-state index in [1.807, 2.05) is 30.5 Å². The molecule has 25 heavy (non-hydrogen) atoms. The van der Waals surface area contributed by atoms with E-state index in [1.54, 1.807) is 31.3 Å². The topological polar surface area (TPSA) is 65.2 Å². The first-order valence-electron chi connectivity index (χ1n) is 7.88. The molecule has 0 bridgehead atoms. The van der Waals surface area contributed by atoms with E-state index in [-0.39, 0.29) is 24.8 Å². The fourth-order valence-electron chi connectivity index (χ4n) is 2.63. The molecule has 2 amide bonds. The molecule has 0 aliphatic heterocycles. The van der Waals surface area contributed by atoms with E-state index in [2.05, 4.69) is 10.3 Å². The highest BCUT2D eigenvalue weighted by Crippen LogP contribution is 2.20. The van der Waals surface area contributed by atoms with Crippen molar-refractivity contribution in [1.29, 1.82) is 0 Å². The molecule has 3 rings (SSSR count). The predicted molar refractivity (Wildman–Crippen MR) is 99.7 cm³/mol. The number of halogens is 1. The van der Waals surface area contributed by atoms with Crippen LogP contribution in [0.5, 0.6) is 0 Å². The van der Waals surface area contributed by atoms with Gasteiger partial charge in [0.1, 0.15) is 0 Å². The molecular weight excluding hydrogens is 338 g/mol. The molecule has 0 saturated heterocycles. The Morgan fingerprint density at radius 2 is 1.84 bits per heavy atom. The van der Waals surface area contributed by atoms with Crippen molar-refractivity contribution in [3.63, 3.8) is 0 Å². The monoisotopic (exact) mass is 355 g/mol. The molecule has 0 aliphatic carbocycles. The zero-order valence-electron chi connectivity index (χ0n) is 13.8. The normalized spacial score (nSPS) is 10.6. The van der Waals surface area contributed by atoms with Crippen LogP contribution in [0.1, 0.15) is 5.56 Å². The Morgan fingerprint density at radius 1 is 1.12 bits per heavy atom. The second-order valence-electron chi connectivity index (χ2n) is 5.81. The maximum Gasteiger partial charge on any atom is 0.244 e. The van der Waals surface area contributed by atoms with Gasteiger partial charge in [0.2, 0.25) is 11.8 Å². The predicted octanol–water partition coefficient (Wildman–Crippen LogP) is 3.46. The summed E-state index contributed by atoms with van der Waals surface area (Å²) in [5.41, 5.74) is 2.44. The number of hydrogen-bond acceptors (Lipinski definition) is 2. The zero-order valence-corrected chi connectivity index (χ0v) is 14.5. The molecule has 0 fully saturated rings. The number of nitrogens with zero attached hydrogens (tertiary/aromatic N) is 1. The Morgan fingerprint density at radius 3 is 2.64 bits per heavy atom. The zero-order chi connectivity index (χ0) is 17.8. The van der Waals surface area contributed by atoms with E-state index in [0.29, 0.717) is 10.7 Å². The van der Waals surface area contributed by atoms with Crippen molar-refractivity contribution in [3.8, 4) is 0 Å². The Balaban J connectivity index is 1.61. The van der Waals surface area contributed by atoms with E-state index < -0.39 is 0 Å². The molecule has 0 spiro atoms. The molecule has 128 valence electrons. The van der Waals surface area contributed by atoms with Crippen LogP contribution in [0.4, 0.5) is 5.69 Å². The third kappa shape index (κ3) is 4.00. The van der Waals surface area contributed by atoms with Crippen molar-refractivity contribution in [2.45, 2.75) is 6.42 Å². The van der Waals surface area contributed by atoms with Crippen molar-refractivity contribution < 1.29 is 9.59 Å². The first-order valence-corrected chi connectivity index (χ1v) is 8.25. The summed E-state index contributed by atoms with van der Waals surface area (Å²) in [6, 6.07) is 14.8. The number of nitrogens with one attached hydrogen (secondary N) is 2. The summed E-state index contributed by atoms with van der Waals surface area (Å²) in [6.07, 6.45) is 2.07. The number of aromatic nitrogens is 1. The van der Waals surface area contributed by atoms with Gasteiger partial charge in [0.05, 0.1) is 23.7 Å². The highest BCUT2D eigenvalue weighted by molar-refractivity contribution is 6.33. The summed E-state index contributed by atoms with van der Waals surface area (Å²) in [6.45, 7) is -0.0353. The van der Waals surface area contributed by atoms with Crippen LogP contribution < -0.4 is 5.32 Å². The van der Waals surface area contributed by atoms with Crippen molar-refractivity contribution in [2.24, 2.45) is 0 Å². The average Bonchev–Trinajstić information content (AvgIpc) is 3.00. The molecule has 0 saturated carbocycles. The highest BCUT2D eigenvalue weighted by atomic mass is 35.5. The lowest BCUT2D eigenvalue weighted by atomic mass is 10.1. The molecule has 1 heterocycles. The number of hydrogen-bond donors (Lipinski definition) is 2. The lowest BCUT2D eigenvalue weighted by Gasteiger charge is -2.17. The van der Waals surface area contributed by atoms with Crippen molar-refractivity contribution in [3.05, 3.63) is 65.3 Å². The third-order valence-electron chi connectivity index (χ3n) is 3.97. The van der Waals surface area contributed by atoms with Gasteiger partial charge in [-0.3, -0.25) is 9.59 Å². The Labute approximate surface area is 150 Å². The molecule has 1 aromatic heterocycles. The molecular formula is C19H18ClN3O2. The van der Waals surface area contributed by atoms with E-state index in [9.17, 15) is 9.59 Å². The number of benzene rings is 2. The van der Waals surface area contributed by atoms with Crippen LogP contribution in [-0.2, 0) is 16.0 Å². The second kappa shape index (κ2) is 7.40. The standard InChI is InChI=1S/C19H18ClN3O2/c1-23(12-18(24)22-17-9-5-3-7-15(17)20)19(25)10-13-11-21-16-8-4-2-6-14(13)16/h2-9,11,21H,10,12H2,1H3,(H,22,24). The third-order valence-corrected chi connectivity index (χ3v) is 4.30. The summed E-state index contributed by atoms with van der Waals surface area (Å²) < 4.78 is 0. The van der Waals surface area contributed by atoms with Gasteiger partial charge in [-0.15, -0.1) is 0 Å². The first kappa shape index (κ1) is 17.0. The molecule has 6 heteroatoms. The smallest absolute Gasteiger partial charge is 0.244 e. The number of carbonyl (C=O) groups is 2. The fraction of sp³-hybridized carbons (Fsp3) is 0.158. The van der Waals surface area contributed by atoms with Crippen molar-refractivity contribution in [1.82, 2.24) is 9.88 Å². The number of para-hydroxylation sites is 2. The minimum absolute atomic E-state index is 0.0353. The van der Waals surface area contributed by atoms with E-state index in [1.165, 1.54) is 4.90 Å². The molecule has 0 aliphatic rings. The van der Waals surface area contributed by atoms with Crippen LogP contribution >= 0.6 is 11.6 Å². The van der Waals surface area contributed by atoms with Gasteiger partial charge in [0, 0.05) is 24.1 Å². The number of likely N-dealkylation sites (N-methyl/N-ethyl adjacent to an activating group) is 1. The van der Waals surface area contributed by atoms with Crippen molar-refractivity contribution >= 4 is 40.0 Å². The van der Waals surface area contributed by atoms with Gasteiger partial charge >= 0.3 is 0 Å². The highest BCUT2D eigenvalue weighted by Gasteiger charge is 2.16. The first-order chi connectivity index (χ1) is 12.0. The molecule has 2 N–H and O–H groups in total. The van der Waals surface area contributed by atoms with E-state index in [0.717, 1.165) is 16.5 Å². The van der Waals surface area contributed by atoms with Gasteiger partial charge in [0.25, 0.3) is 0 Å². The number of amides is 2. The molecule has 5 nitrogen and oxygen atoms in total. The van der Waals surface area contributed by atoms with E-state index in [4.69, 9.17) is 11.6 Å². The van der Waals surface area contributed by atoms with Crippen LogP contribution in [0.3, 0.4) is 0 Å². The number of carbonyl (C=O) groups excluding carboxylic acids is 2. The number of H-pyrrole nitrogens is 1. The summed E-state index contributed by atoms with van der Waals surface area (Å²) in [5, 5.41) is 4.19. The summed E-state index contributed by atoms with van der Waals surface area (Å²) >= 11 is 6.02.